The molecule has 0 aromatic heterocycles. The van der Waals surface area contributed by atoms with Crippen molar-refractivity contribution in [2.75, 3.05) is 51.8 Å². The normalized spacial score (nSPS) is 20.0. The molecule has 2 aliphatic rings. The number of hydrogen-bond donors (Lipinski definition) is 0. The molecule has 0 spiro atoms. The highest BCUT2D eigenvalue weighted by atomic mass is 32.2. The van der Waals surface area contributed by atoms with Crippen molar-refractivity contribution in [2.45, 2.75) is 44.6 Å². The van der Waals surface area contributed by atoms with Gasteiger partial charge in [-0.3, -0.25) is 9.59 Å². The predicted octanol–water partition coefficient (Wildman–Crippen LogP) is 0.936. The maximum Gasteiger partial charge on any atom is 0.315 e. The first kappa shape index (κ1) is 22.4. The van der Waals surface area contributed by atoms with Crippen LogP contribution in [-0.2, 0) is 24.5 Å². The summed E-state index contributed by atoms with van der Waals surface area (Å²) >= 11 is 1.37. The third-order valence-corrected chi connectivity index (χ3v) is 8.25. The number of hydrogen-bond acceptors (Lipinski definition) is 6. The van der Waals surface area contributed by atoms with Crippen LogP contribution < -0.4 is 0 Å². The number of thioether (sulfide) groups is 1. The second-order valence-corrected chi connectivity index (χ2v) is 10.1. The van der Waals surface area contributed by atoms with Crippen LogP contribution in [0.5, 0.6) is 0 Å². The van der Waals surface area contributed by atoms with Gasteiger partial charge in [0, 0.05) is 51.4 Å². The molecule has 0 unspecified atom stereocenters. The highest BCUT2D eigenvalue weighted by Gasteiger charge is 2.35. The van der Waals surface area contributed by atoms with Crippen LogP contribution in [0.1, 0.15) is 38.5 Å². The summed E-state index contributed by atoms with van der Waals surface area (Å²) in [4.78, 5) is 25.0. The quantitative estimate of drug-likeness (QED) is 0.428. The molecule has 0 aromatic rings. The Hall–Kier alpha value is -0.840. The third kappa shape index (κ3) is 6.33. The monoisotopic (exact) mass is 421 g/mol. The predicted molar refractivity (Wildman–Crippen MR) is 106 cm³/mol. The van der Waals surface area contributed by atoms with Crippen molar-refractivity contribution in [3.05, 3.63) is 0 Å². The van der Waals surface area contributed by atoms with Crippen LogP contribution in [-0.4, -0.2) is 91.7 Å². The molecule has 8 nitrogen and oxygen atoms in total. The molecular formula is C17H31N3O5S2. The highest BCUT2D eigenvalue weighted by Crippen LogP contribution is 2.25. The number of ether oxygens (including phenoxy) is 1. The Morgan fingerprint density at radius 3 is 2.33 bits per heavy atom. The van der Waals surface area contributed by atoms with Crippen molar-refractivity contribution in [1.82, 2.24) is 13.5 Å². The fraction of sp³-hybridized carbons (Fsp3) is 0.882. The Morgan fingerprint density at radius 1 is 1.11 bits per heavy atom. The lowest BCUT2D eigenvalue weighted by molar-refractivity contribution is -0.137. The van der Waals surface area contributed by atoms with Crippen LogP contribution in [0.25, 0.3) is 0 Å². The minimum Gasteiger partial charge on any atom is -0.468 e. The van der Waals surface area contributed by atoms with Crippen LogP contribution in [0.15, 0.2) is 0 Å². The summed E-state index contributed by atoms with van der Waals surface area (Å²) in [6, 6.07) is 0.0928. The van der Waals surface area contributed by atoms with E-state index in [1.165, 1.54) is 33.9 Å². The molecule has 1 aliphatic carbocycles. The molecule has 0 bridgehead atoms. The molecule has 1 saturated heterocycles. The molecule has 0 N–H and O–H groups in total. The van der Waals surface area contributed by atoms with E-state index in [0.717, 1.165) is 25.7 Å². The summed E-state index contributed by atoms with van der Waals surface area (Å²) in [5.41, 5.74) is 0. The number of piperazine rings is 1. The summed E-state index contributed by atoms with van der Waals surface area (Å²) < 4.78 is 33.3. The molecule has 1 saturated carbocycles. The van der Waals surface area contributed by atoms with Gasteiger partial charge >= 0.3 is 5.97 Å². The molecule has 1 heterocycles. The lowest BCUT2D eigenvalue weighted by Gasteiger charge is -2.38. The molecule has 1 amide bonds. The molecule has 0 radical (unpaired) electrons. The molecule has 1 aliphatic heterocycles. The van der Waals surface area contributed by atoms with Gasteiger partial charge in [-0.1, -0.05) is 19.3 Å². The van der Waals surface area contributed by atoms with E-state index < -0.39 is 10.2 Å². The summed E-state index contributed by atoms with van der Waals surface area (Å²) in [6.45, 7) is 1.50. The SMILES string of the molecule is COC(=O)CSCCC(=O)N1CCN(S(=O)(=O)N(C)C2CCCCC2)CC1. The van der Waals surface area contributed by atoms with Gasteiger partial charge in [-0.15, -0.1) is 11.8 Å². The average molecular weight is 422 g/mol. The molecule has 2 rings (SSSR count). The zero-order valence-corrected chi connectivity index (χ0v) is 17.9. The van der Waals surface area contributed by atoms with E-state index >= 15 is 0 Å². The van der Waals surface area contributed by atoms with Gasteiger partial charge in [0.2, 0.25) is 5.91 Å². The van der Waals surface area contributed by atoms with Gasteiger partial charge in [0.15, 0.2) is 0 Å². The number of methoxy groups -OCH3 is 1. The van der Waals surface area contributed by atoms with Crippen LogP contribution in [0.2, 0.25) is 0 Å². The fourth-order valence-corrected chi connectivity index (χ4v) is 5.84. The Morgan fingerprint density at radius 2 is 1.74 bits per heavy atom. The summed E-state index contributed by atoms with van der Waals surface area (Å²) in [5, 5.41) is 0. The Kier molecular flexibility index (Phi) is 8.84. The Bertz CT molecular complexity index is 600. The lowest BCUT2D eigenvalue weighted by atomic mass is 9.96. The maximum absolute atomic E-state index is 12.9. The second kappa shape index (κ2) is 10.6. The standard InChI is InChI=1S/C17H31N3O5S2/c1-18(15-6-4-3-5-7-15)27(23,24)20-11-9-19(10-12-20)16(21)8-13-26-14-17(22)25-2/h15H,3-14H2,1-2H3. The van der Waals surface area contributed by atoms with Crippen molar-refractivity contribution in [3.63, 3.8) is 0 Å². The van der Waals surface area contributed by atoms with E-state index in [1.807, 2.05) is 0 Å². The maximum atomic E-state index is 12.9. The van der Waals surface area contributed by atoms with Crippen LogP contribution in [0, 0.1) is 0 Å². The van der Waals surface area contributed by atoms with E-state index in [-0.39, 0.29) is 23.7 Å². The minimum absolute atomic E-state index is 0.00467. The van der Waals surface area contributed by atoms with E-state index in [0.29, 0.717) is 38.4 Å². The minimum atomic E-state index is -3.47. The molecule has 27 heavy (non-hydrogen) atoms. The Balaban J connectivity index is 1.76. The van der Waals surface area contributed by atoms with Crippen molar-refractivity contribution in [3.8, 4) is 0 Å². The second-order valence-electron chi connectivity index (χ2n) is 6.97. The number of rotatable bonds is 8. The van der Waals surface area contributed by atoms with Gasteiger partial charge in [0.05, 0.1) is 12.9 Å². The summed E-state index contributed by atoms with van der Waals surface area (Å²) in [5.74, 6) is 0.499. The number of carbonyl (C=O) groups is 2. The summed E-state index contributed by atoms with van der Waals surface area (Å²) in [7, 11) is -0.448. The zero-order valence-electron chi connectivity index (χ0n) is 16.3. The van der Waals surface area contributed by atoms with Crippen molar-refractivity contribution >= 4 is 33.8 Å². The van der Waals surface area contributed by atoms with Gasteiger partial charge < -0.3 is 9.64 Å². The third-order valence-electron chi connectivity index (χ3n) is 5.28. The molecule has 156 valence electrons. The van der Waals surface area contributed by atoms with Crippen molar-refractivity contribution < 1.29 is 22.7 Å². The van der Waals surface area contributed by atoms with Crippen LogP contribution in [0.4, 0.5) is 0 Å². The van der Waals surface area contributed by atoms with Gasteiger partial charge in [-0.25, -0.2) is 0 Å². The first-order chi connectivity index (χ1) is 12.9. The van der Waals surface area contributed by atoms with Gasteiger partial charge in [0.25, 0.3) is 10.2 Å². The smallest absolute Gasteiger partial charge is 0.315 e. The Labute approximate surface area is 166 Å². The number of nitrogens with zero attached hydrogens (tertiary/aromatic N) is 3. The highest BCUT2D eigenvalue weighted by molar-refractivity contribution is 7.99. The average Bonchev–Trinajstić information content (AvgIpc) is 2.70. The molecular weight excluding hydrogens is 390 g/mol. The van der Waals surface area contributed by atoms with Gasteiger partial charge in [-0.2, -0.15) is 17.0 Å². The number of amides is 1. The van der Waals surface area contributed by atoms with E-state index in [1.54, 1.807) is 11.9 Å². The number of carbonyl (C=O) groups excluding carboxylic acids is 2. The molecule has 0 atom stereocenters. The molecule has 10 heteroatoms. The van der Waals surface area contributed by atoms with E-state index in [4.69, 9.17) is 0 Å². The zero-order chi connectivity index (χ0) is 19.9. The van der Waals surface area contributed by atoms with Gasteiger partial charge in [0.1, 0.15) is 0 Å². The topological polar surface area (TPSA) is 87.2 Å². The van der Waals surface area contributed by atoms with Gasteiger partial charge in [-0.05, 0) is 12.8 Å². The first-order valence-corrected chi connectivity index (χ1v) is 12.1. The number of esters is 1. The largest absolute Gasteiger partial charge is 0.468 e. The molecule has 2 fully saturated rings. The van der Waals surface area contributed by atoms with E-state index in [2.05, 4.69) is 4.74 Å². The fourth-order valence-electron chi connectivity index (χ4n) is 3.52. The van der Waals surface area contributed by atoms with Crippen molar-refractivity contribution in [2.24, 2.45) is 0 Å². The van der Waals surface area contributed by atoms with E-state index in [9.17, 15) is 18.0 Å². The molecule has 0 aromatic carbocycles. The van der Waals surface area contributed by atoms with Crippen LogP contribution >= 0.6 is 11.8 Å². The van der Waals surface area contributed by atoms with Crippen LogP contribution in [0.3, 0.4) is 0 Å². The van der Waals surface area contributed by atoms with Crippen molar-refractivity contribution in [1.29, 1.82) is 0 Å². The first-order valence-electron chi connectivity index (χ1n) is 9.51. The lowest BCUT2D eigenvalue weighted by Crippen LogP contribution is -2.55. The summed E-state index contributed by atoms with van der Waals surface area (Å²) in [6.07, 6.45) is 5.55.